The number of hydrogen-bond donors (Lipinski definition) is 0. The van der Waals surface area contributed by atoms with Gasteiger partial charge in [-0.25, -0.2) is 4.79 Å². The zero-order chi connectivity index (χ0) is 25.1. The van der Waals surface area contributed by atoms with Gasteiger partial charge < -0.3 is 9.47 Å². The molecule has 0 radical (unpaired) electrons. The van der Waals surface area contributed by atoms with Crippen molar-refractivity contribution in [2.75, 3.05) is 7.11 Å². The van der Waals surface area contributed by atoms with Gasteiger partial charge in [0.2, 0.25) is 0 Å². The summed E-state index contributed by atoms with van der Waals surface area (Å²) in [4.78, 5) is 39.4. The summed E-state index contributed by atoms with van der Waals surface area (Å²) in [5.74, 6) is -0.534. The molecule has 0 unspecified atom stereocenters. The molecule has 1 aliphatic heterocycles. The number of rotatable bonds is 6. The minimum absolute atomic E-state index is 0.145. The molecule has 178 valence electrons. The molecule has 10 heteroatoms. The maximum Gasteiger partial charge on any atom is 0.343 e. The van der Waals surface area contributed by atoms with Crippen LogP contribution in [0, 0.1) is 0 Å². The highest BCUT2D eigenvalue weighted by atomic mass is 79.9. The van der Waals surface area contributed by atoms with Crippen molar-refractivity contribution in [2.24, 2.45) is 0 Å². The van der Waals surface area contributed by atoms with Crippen LogP contribution in [0.2, 0.25) is 10.0 Å². The summed E-state index contributed by atoms with van der Waals surface area (Å²) >= 11 is 16.0. The Labute approximate surface area is 223 Å². The van der Waals surface area contributed by atoms with Crippen molar-refractivity contribution < 1.29 is 23.9 Å². The lowest BCUT2D eigenvalue weighted by Gasteiger charge is -2.13. The summed E-state index contributed by atoms with van der Waals surface area (Å²) < 4.78 is 11.4. The predicted molar refractivity (Wildman–Crippen MR) is 140 cm³/mol. The third kappa shape index (κ3) is 5.90. The normalized spacial score (nSPS) is 14.5. The SMILES string of the molecule is COc1cc(/C=C2\SC(=O)N(Cc3ccc(Cl)cc3)C2=O)cc(Br)c1OC(=O)c1ccc(Cl)cc1. The molecule has 1 heterocycles. The van der Waals surface area contributed by atoms with Crippen LogP contribution in [-0.4, -0.2) is 29.1 Å². The second-order valence-corrected chi connectivity index (χ2v) is 10.0. The van der Waals surface area contributed by atoms with E-state index in [1.807, 2.05) is 0 Å². The molecule has 35 heavy (non-hydrogen) atoms. The Balaban J connectivity index is 1.55. The first-order valence-electron chi connectivity index (χ1n) is 10.1. The van der Waals surface area contributed by atoms with Gasteiger partial charge in [-0.2, -0.15) is 0 Å². The molecule has 1 fully saturated rings. The summed E-state index contributed by atoms with van der Waals surface area (Å²) in [6.07, 6.45) is 1.59. The van der Waals surface area contributed by atoms with Gasteiger partial charge >= 0.3 is 5.97 Å². The molecule has 0 aromatic heterocycles. The number of thioether (sulfide) groups is 1. The number of amides is 2. The Morgan fingerprint density at radius 1 is 1.03 bits per heavy atom. The van der Waals surface area contributed by atoms with Crippen molar-refractivity contribution in [3.05, 3.63) is 96.8 Å². The van der Waals surface area contributed by atoms with E-state index in [0.29, 0.717) is 25.6 Å². The topological polar surface area (TPSA) is 72.9 Å². The summed E-state index contributed by atoms with van der Waals surface area (Å²) in [7, 11) is 1.44. The first-order valence-corrected chi connectivity index (χ1v) is 12.5. The molecular formula is C25H16BrCl2NO5S. The van der Waals surface area contributed by atoms with Crippen LogP contribution < -0.4 is 9.47 Å². The van der Waals surface area contributed by atoms with Crippen LogP contribution in [0.4, 0.5) is 4.79 Å². The van der Waals surface area contributed by atoms with Crippen molar-refractivity contribution in [1.82, 2.24) is 4.90 Å². The van der Waals surface area contributed by atoms with Gasteiger partial charge in [0.05, 0.1) is 28.6 Å². The van der Waals surface area contributed by atoms with E-state index in [4.69, 9.17) is 32.7 Å². The van der Waals surface area contributed by atoms with Gasteiger partial charge in [-0.05, 0) is 93.4 Å². The van der Waals surface area contributed by atoms with Gasteiger partial charge in [-0.15, -0.1) is 0 Å². The van der Waals surface area contributed by atoms with E-state index < -0.39 is 11.9 Å². The monoisotopic (exact) mass is 591 g/mol. The van der Waals surface area contributed by atoms with E-state index >= 15 is 0 Å². The van der Waals surface area contributed by atoms with Crippen LogP contribution in [0.15, 0.2) is 70.0 Å². The number of benzene rings is 3. The highest BCUT2D eigenvalue weighted by Crippen LogP contribution is 2.39. The number of imide groups is 1. The Hall–Kier alpha value is -2.78. The fourth-order valence-corrected chi connectivity index (χ4v) is 4.85. The van der Waals surface area contributed by atoms with Crippen LogP contribution in [-0.2, 0) is 11.3 Å². The Morgan fingerprint density at radius 2 is 1.66 bits per heavy atom. The van der Waals surface area contributed by atoms with Crippen molar-refractivity contribution in [3.63, 3.8) is 0 Å². The quantitative estimate of drug-likeness (QED) is 0.171. The maximum absolute atomic E-state index is 12.9. The summed E-state index contributed by atoms with van der Waals surface area (Å²) in [5, 5.41) is 0.711. The van der Waals surface area contributed by atoms with Crippen LogP contribution in [0.3, 0.4) is 0 Å². The molecule has 2 amide bonds. The zero-order valence-corrected chi connectivity index (χ0v) is 22.0. The Kier molecular flexibility index (Phi) is 7.86. The first-order chi connectivity index (χ1) is 16.7. The molecule has 0 N–H and O–H groups in total. The fraction of sp³-hybridized carbons (Fsp3) is 0.0800. The van der Waals surface area contributed by atoms with Crippen molar-refractivity contribution >= 4 is 74.1 Å². The van der Waals surface area contributed by atoms with Crippen LogP contribution in [0.5, 0.6) is 11.5 Å². The molecule has 0 spiro atoms. The van der Waals surface area contributed by atoms with E-state index in [0.717, 1.165) is 17.3 Å². The van der Waals surface area contributed by atoms with E-state index in [1.165, 1.54) is 12.0 Å². The lowest BCUT2D eigenvalue weighted by molar-refractivity contribution is -0.123. The number of hydrogen-bond acceptors (Lipinski definition) is 6. The molecule has 0 bridgehead atoms. The molecule has 4 rings (SSSR count). The standard InChI is InChI=1S/C25H16BrCl2NO5S/c1-33-20-11-15(10-19(26)22(20)34-24(31)16-4-8-18(28)9-5-16)12-21-23(30)29(25(32)35-21)13-14-2-6-17(27)7-3-14/h2-12H,13H2,1H3/b21-12-. The van der Waals surface area contributed by atoms with E-state index in [9.17, 15) is 14.4 Å². The summed E-state index contributed by atoms with van der Waals surface area (Å²) in [5.41, 5.74) is 1.69. The Morgan fingerprint density at radius 3 is 2.29 bits per heavy atom. The number of methoxy groups -OCH3 is 1. The average Bonchev–Trinajstić information content (AvgIpc) is 3.09. The second-order valence-electron chi connectivity index (χ2n) is 7.32. The van der Waals surface area contributed by atoms with Crippen molar-refractivity contribution in [1.29, 1.82) is 0 Å². The lowest BCUT2D eigenvalue weighted by Crippen LogP contribution is -2.27. The average molecular weight is 593 g/mol. The van der Waals surface area contributed by atoms with Crippen molar-refractivity contribution in [2.45, 2.75) is 6.54 Å². The number of halogens is 3. The summed E-state index contributed by atoms with van der Waals surface area (Å²) in [6, 6.07) is 16.5. The van der Waals surface area contributed by atoms with E-state index in [-0.39, 0.29) is 28.2 Å². The minimum atomic E-state index is -0.586. The molecule has 3 aromatic rings. The highest BCUT2D eigenvalue weighted by molar-refractivity contribution is 9.10. The minimum Gasteiger partial charge on any atom is -0.493 e. The molecule has 6 nitrogen and oxygen atoms in total. The maximum atomic E-state index is 12.9. The molecule has 1 saturated heterocycles. The van der Waals surface area contributed by atoms with Gasteiger partial charge in [0.15, 0.2) is 11.5 Å². The number of esters is 1. The van der Waals surface area contributed by atoms with Crippen LogP contribution >= 0.6 is 50.9 Å². The third-order valence-corrected chi connectivity index (χ3v) is 6.95. The van der Waals surface area contributed by atoms with Gasteiger partial charge in [-0.3, -0.25) is 14.5 Å². The van der Waals surface area contributed by atoms with Gasteiger partial charge in [-0.1, -0.05) is 35.3 Å². The predicted octanol–water partition coefficient (Wildman–Crippen LogP) is 7.22. The smallest absolute Gasteiger partial charge is 0.343 e. The first kappa shape index (κ1) is 25.3. The largest absolute Gasteiger partial charge is 0.493 e. The zero-order valence-electron chi connectivity index (χ0n) is 18.1. The van der Waals surface area contributed by atoms with E-state index in [2.05, 4.69) is 15.9 Å². The number of carbonyl (C=O) groups excluding carboxylic acids is 3. The Bertz CT molecular complexity index is 1340. The van der Waals surface area contributed by atoms with Gasteiger partial charge in [0.25, 0.3) is 11.1 Å². The lowest BCUT2D eigenvalue weighted by atomic mass is 10.1. The molecular weight excluding hydrogens is 577 g/mol. The fourth-order valence-electron chi connectivity index (χ4n) is 3.22. The van der Waals surface area contributed by atoms with Crippen molar-refractivity contribution in [3.8, 4) is 11.5 Å². The van der Waals surface area contributed by atoms with E-state index in [1.54, 1.807) is 66.7 Å². The molecule has 0 aliphatic carbocycles. The molecule has 3 aromatic carbocycles. The summed E-state index contributed by atoms with van der Waals surface area (Å²) in [6.45, 7) is 0.145. The number of nitrogens with zero attached hydrogens (tertiary/aromatic N) is 1. The molecule has 0 atom stereocenters. The van der Waals surface area contributed by atoms with Crippen LogP contribution in [0.1, 0.15) is 21.5 Å². The molecule has 0 saturated carbocycles. The molecule has 1 aliphatic rings. The van der Waals surface area contributed by atoms with Crippen LogP contribution in [0.25, 0.3) is 6.08 Å². The van der Waals surface area contributed by atoms with Gasteiger partial charge in [0.1, 0.15) is 0 Å². The van der Waals surface area contributed by atoms with Gasteiger partial charge in [0, 0.05) is 10.0 Å². The number of carbonyl (C=O) groups is 3. The number of ether oxygens (including phenoxy) is 2. The second kappa shape index (κ2) is 10.9. The third-order valence-electron chi connectivity index (χ3n) is 4.95. The highest BCUT2D eigenvalue weighted by Gasteiger charge is 2.35.